The third-order valence-electron chi connectivity index (χ3n) is 2.30. The predicted molar refractivity (Wildman–Crippen MR) is 68.0 cm³/mol. The van der Waals surface area contributed by atoms with Gasteiger partial charge in [0.15, 0.2) is 0 Å². The zero-order chi connectivity index (χ0) is 12.0. The molecule has 1 atom stereocenters. The lowest BCUT2D eigenvalue weighted by atomic mass is 10.1. The highest BCUT2D eigenvalue weighted by molar-refractivity contribution is 6.35. The molecule has 0 aliphatic heterocycles. The van der Waals surface area contributed by atoms with Gasteiger partial charge < -0.3 is 16.2 Å². The van der Waals surface area contributed by atoms with E-state index in [0.717, 1.165) is 5.56 Å². The minimum atomic E-state index is -0.00341. The molecular formula is C11H16Cl2N2O. The van der Waals surface area contributed by atoms with E-state index in [1.54, 1.807) is 12.1 Å². The Morgan fingerprint density at radius 3 is 2.69 bits per heavy atom. The largest absolute Gasteiger partial charge is 0.396 e. The summed E-state index contributed by atoms with van der Waals surface area (Å²) in [6.45, 7) is 1.32. The molecule has 0 saturated heterocycles. The lowest BCUT2D eigenvalue weighted by Gasteiger charge is -2.18. The van der Waals surface area contributed by atoms with Crippen LogP contribution in [0.25, 0.3) is 0 Å². The van der Waals surface area contributed by atoms with Crippen LogP contribution in [0.1, 0.15) is 18.0 Å². The van der Waals surface area contributed by atoms with Crippen molar-refractivity contribution in [2.75, 3.05) is 19.7 Å². The van der Waals surface area contributed by atoms with Crippen LogP contribution in [-0.4, -0.2) is 24.8 Å². The predicted octanol–water partition coefficient (Wildman–Crippen LogP) is 1.97. The second-order valence-corrected chi connectivity index (χ2v) is 4.33. The average Bonchev–Trinajstić information content (AvgIpc) is 2.26. The summed E-state index contributed by atoms with van der Waals surface area (Å²) in [5, 5.41) is 13.2. The number of hydrogen-bond donors (Lipinski definition) is 3. The molecule has 0 radical (unpaired) electrons. The Labute approximate surface area is 106 Å². The van der Waals surface area contributed by atoms with Gasteiger partial charge in [-0.1, -0.05) is 29.3 Å². The second kappa shape index (κ2) is 7.09. The van der Waals surface area contributed by atoms with Crippen LogP contribution >= 0.6 is 23.2 Å². The van der Waals surface area contributed by atoms with E-state index in [-0.39, 0.29) is 12.6 Å². The van der Waals surface area contributed by atoms with Crippen LogP contribution in [0.4, 0.5) is 0 Å². The van der Waals surface area contributed by atoms with Gasteiger partial charge in [-0.3, -0.25) is 0 Å². The van der Waals surface area contributed by atoms with Crippen LogP contribution in [0.5, 0.6) is 0 Å². The number of nitrogens with two attached hydrogens (primary N) is 1. The Kier molecular flexibility index (Phi) is 6.09. The molecule has 3 nitrogen and oxygen atoms in total. The van der Waals surface area contributed by atoms with Crippen molar-refractivity contribution in [3.63, 3.8) is 0 Å². The van der Waals surface area contributed by atoms with Crippen LogP contribution in [0.3, 0.4) is 0 Å². The number of halogens is 2. The van der Waals surface area contributed by atoms with Crippen molar-refractivity contribution in [2.45, 2.75) is 12.5 Å². The summed E-state index contributed by atoms with van der Waals surface area (Å²) in [5.74, 6) is 0. The molecular weight excluding hydrogens is 247 g/mol. The van der Waals surface area contributed by atoms with Gasteiger partial charge in [0.2, 0.25) is 0 Å². The average molecular weight is 263 g/mol. The lowest BCUT2D eigenvalue weighted by molar-refractivity contribution is 0.283. The van der Waals surface area contributed by atoms with Crippen LogP contribution in [0, 0.1) is 0 Å². The van der Waals surface area contributed by atoms with Gasteiger partial charge in [-0.05, 0) is 30.7 Å². The van der Waals surface area contributed by atoms with Gasteiger partial charge >= 0.3 is 0 Å². The summed E-state index contributed by atoms with van der Waals surface area (Å²) in [6.07, 6.45) is 0.696. The van der Waals surface area contributed by atoms with Crippen molar-refractivity contribution < 1.29 is 5.11 Å². The molecule has 0 spiro atoms. The Morgan fingerprint density at radius 1 is 1.38 bits per heavy atom. The Bertz CT molecular complexity index is 334. The molecule has 0 aliphatic rings. The first kappa shape index (κ1) is 13.7. The van der Waals surface area contributed by atoms with E-state index in [0.29, 0.717) is 29.6 Å². The molecule has 0 amide bonds. The third kappa shape index (κ3) is 3.92. The van der Waals surface area contributed by atoms with E-state index < -0.39 is 0 Å². The number of benzene rings is 1. The molecule has 0 aromatic heterocycles. The van der Waals surface area contributed by atoms with Gasteiger partial charge in [-0.15, -0.1) is 0 Å². The molecule has 1 rings (SSSR count). The van der Waals surface area contributed by atoms with Crippen LogP contribution < -0.4 is 11.1 Å². The van der Waals surface area contributed by atoms with E-state index in [1.807, 2.05) is 6.07 Å². The quantitative estimate of drug-likeness (QED) is 0.688. The van der Waals surface area contributed by atoms with Crippen molar-refractivity contribution in [3.05, 3.63) is 33.8 Å². The van der Waals surface area contributed by atoms with Crippen molar-refractivity contribution in [1.29, 1.82) is 0 Å². The molecule has 5 heteroatoms. The Morgan fingerprint density at radius 2 is 2.12 bits per heavy atom. The maximum absolute atomic E-state index is 8.70. The summed E-state index contributed by atoms with van der Waals surface area (Å²) in [4.78, 5) is 0. The van der Waals surface area contributed by atoms with Crippen molar-refractivity contribution in [1.82, 2.24) is 5.32 Å². The molecule has 1 aromatic carbocycles. The third-order valence-corrected chi connectivity index (χ3v) is 2.86. The first-order valence-corrected chi connectivity index (χ1v) is 5.94. The molecule has 4 N–H and O–H groups in total. The molecule has 16 heavy (non-hydrogen) atoms. The number of rotatable bonds is 6. The summed E-state index contributed by atoms with van der Waals surface area (Å²) in [5.41, 5.74) is 6.61. The standard InChI is InChI=1S/C11H16Cl2N2O/c12-8-2-3-9(10(13)6-8)11(7-14)15-4-1-5-16/h2-3,6,11,15-16H,1,4-5,7,14H2. The van der Waals surface area contributed by atoms with Gasteiger partial charge in [-0.2, -0.15) is 0 Å². The molecule has 0 aliphatic carbocycles. The fourth-order valence-corrected chi connectivity index (χ4v) is 2.00. The Hall–Kier alpha value is -0.320. The first-order chi connectivity index (χ1) is 7.69. The van der Waals surface area contributed by atoms with E-state index in [4.69, 9.17) is 34.0 Å². The van der Waals surface area contributed by atoms with Gasteiger partial charge in [0.05, 0.1) is 0 Å². The van der Waals surface area contributed by atoms with Crippen LogP contribution in [-0.2, 0) is 0 Å². The smallest absolute Gasteiger partial charge is 0.0469 e. The zero-order valence-corrected chi connectivity index (χ0v) is 10.4. The highest BCUT2D eigenvalue weighted by atomic mass is 35.5. The maximum atomic E-state index is 8.70. The van der Waals surface area contributed by atoms with E-state index in [1.165, 1.54) is 0 Å². The van der Waals surface area contributed by atoms with E-state index in [2.05, 4.69) is 5.32 Å². The molecule has 0 bridgehead atoms. The normalized spacial score (nSPS) is 12.8. The minimum absolute atomic E-state index is 0.00341. The Balaban J connectivity index is 2.70. The van der Waals surface area contributed by atoms with E-state index >= 15 is 0 Å². The van der Waals surface area contributed by atoms with Crippen molar-refractivity contribution in [3.8, 4) is 0 Å². The number of aliphatic hydroxyl groups is 1. The summed E-state index contributed by atoms with van der Waals surface area (Å²) in [7, 11) is 0. The first-order valence-electron chi connectivity index (χ1n) is 5.18. The zero-order valence-electron chi connectivity index (χ0n) is 8.92. The van der Waals surface area contributed by atoms with Gasteiger partial charge in [0.1, 0.15) is 0 Å². The lowest BCUT2D eigenvalue weighted by Crippen LogP contribution is -2.29. The van der Waals surface area contributed by atoms with Gasteiger partial charge in [0.25, 0.3) is 0 Å². The van der Waals surface area contributed by atoms with Crippen molar-refractivity contribution in [2.24, 2.45) is 5.73 Å². The number of nitrogens with one attached hydrogen (secondary N) is 1. The van der Waals surface area contributed by atoms with Gasteiger partial charge in [-0.25, -0.2) is 0 Å². The maximum Gasteiger partial charge on any atom is 0.0469 e. The van der Waals surface area contributed by atoms with Crippen LogP contribution in [0.15, 0.2) is 18.2 Å². The summed E-state index contributed by atoms with van der Waals surface area (Å²) in [6, 6.07) is 5.36. The number of aliphatic hydroxyl groups excluding tert-OH is 1. The number of hydrogen-bond acceptors (Lipinski definition) is 3. The highest BCUT2D eigenvalue weighted by Gasteiger charge is 2.12. The van der Waals surface area contributed by atoms with Crippen molar-refractivity contribution >= 4 is 23.2 Å². The molecule has 0 fully saturated rings. The molecule has 0 heterocycles. The topological polar surface area (TPSA) is 58.3 Å². The van der Waals surface area contributed by atoms with E-state index in [9.17, 15) is 0 Å². The van der Waals surface area contributed by atoms with Gasteiger partial charge in [0, 0.05) is 29.2 Å². The molecule has 90 valence electrons. The minimum Gasteiger partial charge on any atom is -0.396 e. The highest BCUT2D eigenvalue weighted by Crippen LogP contribution is 2.25. The summed E-state index contributed by atoms with van der Waals surface area (Å²) < 4.78 is 0. The monoisotopic (exact) mass is 262 g/mol. The molecule has 1 unspecified atom stereocenters. The molecule has 1 aromatic rings. The second-order valence-electron chi connectivity index (χ2n) is 3.49. The fraction of sp³-hybridized carbons (Fsp3) is 0.455. The van der Waals surface area contributed by atoms with Crippen LogP contribution in [0.2, 0.25) is 10.0 Å². The SMILES string of the molecule is NCC(NCCCO)c1ccc(Cl)cc1Cl. The fourth-order valence-electron chi connectivity index (χ4n) is 1.46. The molecule has 0 saturated carbocycles. The summed E-state index contributed by atoms with van der Waals surface area (Å²) >= 11 is 11.9.